The molecule has 1 aromatic rings. The third kappa shape index (κ3) is 3.45. The van der Waals surface area contributed by atoms with Gasteiger partial charge in [-0.2, -0.15) is 0 Å². The molecule has 8 heteroatoms. The Kier molecular flexibility index (Phi) is 4.72. The summed E-state index contributed by atoms with van der Waals surface area (Å²) in [5.41, 5.74) is 4.67. The number of nitrogens with two attached hydrogens (primary N) is 1. The van der Waals surface area contributed by atoms with Gasteiger partial charge >= 0.3 is 0 Å². The highest BCUT2D eigenvalue weighted by atomic mass is 32.2. The Morgan fingerprint density at radius 3 is 2.30 bits per heavy atom. The molecule has 0 spiro atoms. The molecule has 0 amide bonds. The van der Waals surface area contributed by atoms with Gasteiger partial charge in [-0.25, -0.2) is 13.1 Å². The quantitative estimate of drug-likeness (QED) is 0.474. The number of non-ortho nitro benzene ring substituents is 1. The monoisotopic (exact) mass is 301 g/mol. The van der Waals surface area contributed by atoms with E-state index in [-0.39, 0.29) is 16.3 Å². The first-order chi connectivity index (χ1) is 9.15. The van der Waals surface area contributed by atoms with E-state index in [1.165, 1.54) is 0 Å². The number of nitrogen functional groups attached to an aromatic ring is 1. The molecule has 1 rings (SSSR count). The molecule has 0 radical (unpaired) electrons. The number of nitro groups is 1. The smallest absolute Gasteiger partial charge is 0.271 e. The number of hydrogen-bond acceptors (Lipinski definition) is 5. The van der Waals surface area contributed by atoms with Crippen LogP contribution < -0.4 is 10.5 Å². The molecule has 0 aliphatic carbocycles. The standard InChI is InChI=1S/C12H19N3O4S/c1-4-12(3,5-2)14-20(18,19)11-7-6-9(15(16)17)8-10(11)13/h6-8,14H,4-5,13H2,1-3H3. The van der Waals surface area contributed by atoms with Crippen LogP contribution in [0.2, 0.25) is 0 Å². The predicted octanol–water partition coefficient (Wildman–Crippen LogP) is 2.03. The topological polar surface area (TPSA) is 115 Å². The molecule has 3 N–H and O–H groups in total. The Morgan fingerprint density at radius 2 is 1.90 bits per heavy atom. The normalized spacial score (nSPS) is 12.3. The summed E-state index contributed by atoms with van der Waals surface area (Å²) in [6.07, 6.45) is 1.24. The third-order valence-corrected chi connectivity index (χ3v) is 5.15. The predicted molar refractivity (Wildman–Crippen MR) is 76.8 cm³/mol. The Balaban J connectivity index is 3.20. The number of nitrogens with zero attached hydrogens (tertiary/aromatic N) is 1. The largest absolute Gasteiger partial charge is 0.397 e. The molecular weight excluding hydrogens is 282 g/mol. The summed E-state index contributed by atoms with van der Waals surface area (Å²) >= 11 is 0. The van der Waals surface area contributed by atoms with Crippen molar-refractivity contribution in [2.45, 2.75) is 44.0 Å². The molecule has 0 fully saturated rings. The van der Waals surface area contributed by atoms with Gasteiger partial charge in [-0.05, 0) is 25.8 Å². The van der Waals surface area contributed by atoms with E-state index in [9.17, 15) is 18.5 Å². The van der Waals surface area contributed by atoms with Gasteiger partial charge in [0.15, 0.2) is 0 Å². The first-order valence-electron chi connectivity index (χ1n) is 6.23. The Morgan fingerprint density at radius 1 is 1.35 bits per heavy atom. The second kappa shape index (κ2) is 5.76. The van der Waals surface area contributed by atoms with Gasteiger partial charge in [0, 0.05) is 17.7 Å². The average Bonchev–Trinajstić information content (AvgIpc) is 2.37. The number of rotatable bonds is 6. The van der Waals surface area contributed by atoms with E-state index in [4.69, 9.17) is 5.73 Å². The van der Waals surface area contributed by atoms with Crippen LogP contribution in [-0.4, -0.2) is 18.9 Å². The van der Waals surface area contributed by atoms with Crippen LogP contribution in [0, 0.1) is 10.1 Å². The van der Waals surface area contributed by atoms with Crippen molar-refractivity contribution in [3.63, 3.8) is 0 Å². The van der Waals surface area contributed by atoms with Crippen LogP contribution in [0.4, 0.5) is 11.4 Å². The van der Waals surface area contributed by atoms with Crippen molar-refractivity contribution in [2.75, 3.05) is 5.73 Å². The van der Waals surface area contributed by atoms with Crippen LogP contribution in [0.15, 0.2) is 23.1 Å². The van der Waals surface area contributed by atoms with Crippen LogP contribution in [0.3, 0.4) is 0 Å². The first kappa shape index (κ1) is 16.4. The highest BCUT2D eigenvalue weighted by molar-refractivity contribution is 7.89. The number of nitrogens with one attached hydrogen (secondary N) is 1. The van der Waals surface area contributed by atoms with Gasteiger partial charge in [0.1, 0.15) is 4.90 Å². The fraction of sp³-hybridized carbons (Fsp3) is 0.500. The van der Waals surface area contributed by atoms with E-state index in [2.05, 4.69) is 4.72 Å². The lowest BCUT2D eigenvalue weighted by Gasteiger charge is -2.28. The number of benzene rings is 1. The van der Waals surface area contributed by atoms with Crippen molar-refractivity contribution in [1.82, 2.24) is 4.72 Å². The fourth-order valence-corrected chi connectivity index (χ4v) is 3.33. The first-order valence-corrected chi connectivity index (χ1v) is 7.71. The molecule has 0 saturated carbocycles. The summed E-state index contributed by atoms with van der Waals surface area (Å²) < 4.78 is 27.2. The summed E-state index contributed by atoms with van der Waals surface area (Å²) in [5, 5.41) is 10.6. The second-order valence-electron chi connectivity index (χ2n) is 4.85. The minimum atomic E-state index is -3.81. The maximum Gasteiger partial charge on any atom is 0.271 e. The van der Waals surface area contributed by atoms with Crippen LogP contribution in [-0.2, 0) is 10.0 Å². The average molecular weight is 301 g/mol. The molecule has 0 bridgehead atoms. The summed E-state index contributed by atoms with van der Waals surface area (Å²) in [6, 6.07) is 3.32. The van der Waals surface area contributed by atoms with Gasteiger partial charge in [0.05, 0.1) is 10.6 Å². The van der Waals surface area contributed by atoms with Gasteiger partial charge in [0.2, 0.25) is 10.0 Å². The van der Waals surface area contributed by atoms with Gasteiger partial charge in [-0.15, -0.1) is 0 Å². The molecular formula is C12H19N3O4S. The van der Waals surface area contributed by atoms with Crippen molar-refractivity contribution in [3.8, 4) is 0 Å². The summed E-state index contributed by atoms with van der Waals surface area (Å²) in [7, 11) is -3.81. The Hall–Kier alpha value is -1.67. The highest BCUT2D eigenvalue weighted by Crippen LogP contribution is 2.26. The van der Waals surface area contributed by atoms with E-state index < -0.39 is 20.5 Å². The van der Waals surface area contributed by atoms with E-state index in [0.29, 0.717) is 12.8 Å². The van der Waals surface area contributed by atoms with Crippen molar-refractivity contribution >= 4 is 21.4 Å². The van der Waals surface area contributed by atoms with Gasteiger partial charge in [0.25, 0.3) is 5.69 Å². The van der Waals surface area contributed by atoms with E-state index in [1.54, 1.807) is 6.92 Å². The summed E-state index contributed by atoms with van der Waals surface area (Å²) in [5.74, 6) is 0. The maximum atomic E-state index is 12.3. The number of nitro benzene ring substituents is 1. The number of hydrogen-bond donors (Lipinski definition) is 2. The van der Waals surface area contributed by atoms with Gasteiger partial charge < -0.3 is 5.73 Å². The van der Waals surface area contributed by atoms with Crippen LogP contribution in [0.5, 0.6) is 0 Å². The molecule has 112 valence electrons. The third-order valence-electron chi connectivity index (χ3n) is 3.44. The van der Waals surface area contributed by atoms with Crippen molar-refractivity contribution in [1.29, 1.82) is 0 Å². The van der Waals surface area contributed by atoms with Crippen molar-refractivity contribution < 1.29 is 13.3 Å². The minimum absolute atomic E-state index is 0.138. The lowest BCUT2D eigenvalue weighted by molar-refractivity contribution is -0.384. The molecule has 7 nitrogen and oxygen atoms in total. The van der Waals surface area contributed by atoms with Gasteiger partial charge in [-0.1, -0.05) is 13.8 Å². The molecule has 0 saturated heterocycles. The zero-order chi connectivity index (χ0) is 15.6. The van der Waals surface area contributed by atoms with Crippen molar-refractivity contribution in [3.05, 3.63) is 28.3 Å². The lowest BCUT2D eigenvalue weighted by Crippen LogP contribution is -2.44. The molecule has 0 aliphatic heterocycles. The molecule has 0 unspecified atom stereocenters. The molecule has 1 aromatic carbocycles. The van der Waals surface area contributed by atoms with Crippen LogP contribution in [0.25, 0.3) is 0 Å². The number of anilines is 1. The minimum Gasteiger partial charge on any atom is -0.397 e. The van der Waals surface area contributed by atoms with E-state index in [1.807, 2.05) is 13.8 Å². The fourth-order valence-electron chi connectivity index (χ4n) is 1.67. The summed E-state index contributed by atoms with van der Waals surface area (Å²) in [6.45, 7) is 5.56. The summed E-state index contributed by atoms with van der Waals surface area (Å²) in [4.78, 5) is 9.86. The molecule has 0 aromatic heterocycles. The van der Waals surface area contributed by atoms with E-state index >= 15 is 0 Å². The highest BCUT2D eigenvalue weighted by Gasteiger charge is 2.29. The molecule has 0 aliphatic rings. The van der Waals surface area contributed by atoms with Gasteiger partial charge in [-0.3, -0.25) is 10.1 Å². The van der Waals surface area contributed by atoms with Crippen LogP contribution in [0.1, 0.15) is 33.6 Å². The van der Waals surface area contributed by atoms with Crippen LogP contribution >= 0.6 is 0 Å². The lowest BCUT2D eigenvalue weighted by atomic mass is 9.98. The SMILES string of the molecule is CCC(C)(CC)NS(=O)(=O)c1ccc([N+](=O)[O-])cc1N. The number of sulfonamides is 1. The van der Waals surface area contributed by atoms with E-state index in [0.717, 1.165) is 18.2 Å². The molecule has 0 heterocycles. The zero-order valence-corrected chi connectivity index (χ0v) is 12.5. The Bertz CT molecular complexity index is 609. The maximum absolute atomic E-state index is 12.3. The van der Waals surface area contributed by atoms with Crippen molar-refractivity contribution in [2.24, 2.45) is 0 Å². The molecule has 20 heavy (non-hydrogen) atoms. The zero-order valence-electron chi connectivity index (χ0n) is 11.7. The second-order valence-corrected chi connectivity index (χ2v) is 6.50. The molecule has 0 atom stereocenters. The Labute approximate surface area is 118 Å².